The zero-order valence-corrected chi connectivity index (χ0v) is 10.9. The van der Waals surface area contributed by atoms with Crippen LogP contribution in [0.2, 0.25) is 0 Å². The van der Waals surface area contributed by atoms with Gasteiger partial charge in [0.2, 0.25) is 0 Å². The van der Waals surface area contributed by atoms with Gasteiger partial charge in [-0.1, -0.05) is 11.8 Å². The lowest BCUT2D eigenvalue weighted by Crippen LogP contribution is -2.36. The summed E-state index contributed by atoms with van der Waals surface area (Å²) < 4.78 is 37.1. The highest BCUT2D eigenvalue weighted by Gasteiger charge is 2.16. The van der Waals surface area contributed by atoms with Crippen molar-refractivity contribution < 1.29 is 12.8 Å². The molecule has 0 spiro atoms. The molecule has 1 aromatic carbocycles. The molecule has 0 bridgehead atoms. The van der Waals surface area contributed by atoms with Gasteiger partial charge < -0.3 is 5.73 Å². The third-order valence-electron chi connectivity index (χ3n) is 1.88. The number of nitrogens with two attached hydrogens (primary N) is 1. The van der Waals surface area contributed by atoms with E-state index in [1.165, 1.54) is 31.2 Å². The fourth-order valence-corrected chi connectivity index (χ4v) is 2.30. The van der Waals surface area contributed by atoms with Gasteiger partial charge in [0.1, 0.15) is 5.82 Å². The second-order valence-electron chi connectivity index (χ2n) is 3.64. The van der Waals surface area contributed by atoms with Gasteiger partial charge in [0.05, 0.1) is 17.0 Å². The molecule has 0 saturated heterocycles. The molecule has 1 rings (SSSR count). The minimum Gasteiger partial charge on any atom is -0.320 e. The number of hydrogen-bond acceptors (Lipinski definition) is 4. The van der Waals surface area contributed by atoms with Gasteiger partial charge in [-0.3, -0.25) is 0 Å². The Balaban J connectivity index is 3.12. The Kier molecular flexibility index (Phi) is 4.81. The normalized spacial score (nSPS) is 11.2. The second-order valence-corrected chi connectivity index (χ2v) is 5.30. The second kappa shape index (κ2) is 5.93. The third kappa shape index (κ3) is 3.78. The van der Waals surface area contributed by atoms with E-state index in [-0.39, 0.29) is 17.0 Å². The molecule has 0 aliphatic carbocycles. The lowest BCUT2D eigenvalue weighted by molar-refractivity contribution is 0.364. The van der Waals surface area contributed by atoms with Crippen molar-refractivity contribution >= 4 is 10.0 Å². The average Bonchev–Trinajstić information content (AvgIpc) is 2.25. The van der Waals surface area contributed by atoms with Crippen LogP contribution < -0.4 is 10.6 Å². The summed E-state index contributed by atoms with van der Waals surface area (Å²) in [7, 11) is -0.711. The van der Waals surface area contributed by atoms with Gasteiger partial charge in [0, 0.05) is 14.1 Å². The molecular formula is C11H14FN3O2S. The fourth-order valence-electron chi connectivity index (χ4n) is 1.20. The molecule has 98 valence electrons. The molecule has 18 heavy (non-hydrogen) atoms. The van der Waals surface area contributed by atoms with Crippen LogP contribution in [0.25, 0.3) is 0 Å². The van der Waals surface area contributed by atoms with E-state index in [1.807, 2.05) is 0 Å². The SMILES string of the molecule is CN(C)NS(=O)(=O)c1ccc(C#CCN)c(F)c1. The summed E-state index contributed by atoms with van der Waals surface area (Å²) in [6, 6.07) is 3.52. The maximum Gasteiger partial charge on any atom is 0.253 e. The van der Waals surface area contributed by atoms with E-state index in [0.29, 0.717) is 0 Å². The average molecular weight is 271 g/mol. The Morgan fingerprint density at radius 3 is 2.61 bits per heavy atom. The molecule has 0 radical (unpaired) electrons. The maximum absolute atomic E-state index is 13.6. The molecular weight excluding hydrogens is 257 g/mol. The van der Waals surface area contributed by atoms with E-state index < -0.39 is 15.8 Å². The largest absolute Gasteiger partial charge is 0.320 e. The first-order valence-corrected chi connectivity index (χ1v) is 6.53. The van der Waals surface area contributed by atoms with Gasteiger partial charge in [0.25, 0.3) is 10.0 Å². The number of nitrogens with zero attached hydrogens (tertiary/aromatic N) is 1. The number of benzene rings is 1. The molecule has 1 aromatic rings. The van der Waals surface area contributed by atoms with Crippen LogP contribution in [0.5, 0.6) is 0 Å². The van der Waals surface area contributed by atoms with Crippen molar-refractivity contribution in [2.75, 3.05) is 20.6 Å². The molecule has 0 amide bonds. The molecule has 0 heterocycles. The van der Waals surface area contributed by atoms with E-state index in [1.54, 1.807) is 0 Å². The topological polar surface area (TPSA) is 75.4 Å². The van der Waals surface area contributed by atoms with Crippen molar-refractivity contribution in [3.05, 3.63) is 29.6 Å². The monoisotopic (exact) mass is 271 g/mol. The van der Waals surface area contributed by atoms with Crippen LogP contribution in [-0.2, 0) is 10.0 Å². The Hall–Kier alpha value is -1.46. The van der Waals surface area contributed by atoms with Gasteiger partial charge in [-0.05, 0) is 18.2 Å². The zero-order chi connectivity index (χ0) is 13.8. The van der Waals surface area contributed by atoms with Crippen molar-refractivity contribution in [2.45, 2.75) is 4.90 Å². The zero-order valence-electron chi connectivity index (χ0n) is 10.1. The number of hydrazine groups is 1. The molecule has 0 fully saturated rings. The lowest BCUT2D eigenvalue weighted by atomic mass is 10.2. The van der Waals surface area contributed by atoms with Crippen molar-refractivity contribution in [3.8, 4) is 11.8 Å². The number of hydrogen-bond donors (Lipinski definition) is 2. The smallest absolute Gasteiger partial charge is 0.253 e. The summed E-state index contributed by atoms with van der Waals surface area (Å²) in [6.45, 7) is 0.113. The highest BCUT2D eigenvalue weighted by Crippen LogP contribution is 2.14. The summed E-state index contributed by atoms with van der Waals surface area (Å²) in [4.78, 5) is 2.05. The molecule has 0 unspecified atom stereocenters. The van der Waals surface area contributed by atoms with E-state index in [9.17, 15) is 12.8 Å². The van der Waals surface area contributed by atoms with Gasteiger partial charge in [0.15, 0.2) is 0 Å². The summed E-state index contributed by atoms with van der Waals surface area (Å²) in [5.74, 6) is 4.32. The van der Waals surface area contributed by atoms with Crippen LogP contribution in [0.1, 0.15) is 5.56 Å². The van der Waals surface area contributed by atoms with Crippen LogP contribution in [0.4, 0.5) is 4.39 Å². The van der Waals surface area contributed by atoms with Crippen molar-refractivity contribution in [1.29, 1.82) is 0 Å². The Morgan fingerprint density at radius 2 is 2.11 bits per heavy atom. The number of halogens is 1. The third-order valence-corrected chi connectivity index (χ3v) is 3.36. The van der Waals surface area contributed by atoms with Crippen LogP contribution in [-0.4, -0.2) is 34.1 Å². The van der Waals surface area contributed by atoms with Crippen molar-refractivity contribution in [3.63, 3.8) is 0 Å². The first-order valence-electron chi connectivity index (χ1n) is 5.05. The number of rotatable bonds is 3. The van der Waals surface area contributed by atoms with Crippen LogP contribution in [0.3, 0.4) is 0 Å². The number of nitrogens with one attached hydrogen (secondary N) is 1. The van der Waals surface area contributed by atoms with E-state index >= 15 is 0 Å². The summed E-state index contributed by atoms with van der Waals surface area (Å²) >= 11 is 0. The van der Waals surface area contributed by atoms with Gasteiger partial charge in [-0.2, -0.15) is 0 Å². The molecule has 0 atom stereocenters. The Morgan fingerprint density at radius 1 is 1.44 bits per heavy atom. The molecule has 7 heteroatoms. The summed E-state index contributed by atoms with van der Waals surface area (Å²) in [5.41, 5.74) is 5.29. The van der Waals surface area contributed by atoms with Gasteiger partial charge in [-0.25, -0.2) is 17.8 Å². The van der Waals surface area contributed by atoms with E-state index in [0.717, 1.165) is 6.07 Å². The van der Waals surface area contributed by atoms with Crippen LogP contribution in [0, 0.1) is 17.7 Å². The summed E-state index contributed by atoms with van der Waals surface area (Å²) in [5, 5.41) is 1.26. The molecule has 0 saturated carbocycles. The van der Waals surface area contributed by atoms with Crippen molar-refractivity contribution in [2.24, 2.45) is 5.73 Å². The summed E-state index contributed by atoms with van der Waals surface area (Å²) in [6.07, 6.45) is 0. The predicted octanol–water partition coefficient (Wildman–Crippen LogP) is -0.109. The van der Waals surface area contributed by atoms with E-state index in [4.69, 9.17) is 5.73 Å². The standard InChI is InChI=1S/C11H14FN3O2S/c1-15(2)14-18(16,17)10-6-5-9(4-3-7-13)11(12)8-10/h5-6,8,14H,7,13H2,1-2H3. The molecule has 5 nitrogen and oxygen atoms in total. The number of sulfonamides is 1. The quantitative estimate of drug-likeness (QED) is 0.594. The highest BCUT2D eigenvalue weighted by atomic mass is 32.2. The molecule has 0 aliphatic heterocycles. The predicted molar refractivity (Wildman–Crippen MR) is 66.3 cm³/mol. The minimum atomic E-state index is -3.76. The van der Waals surface area contributed by atoms with Gasteiger partial charge in [-0.15, -0.1) is 4.83 Å². The van der Waals surface area contributed by atoms with Crippen LogP contribution in [0.15, 0.2) is 23.1 Å². The first kappa shape index (κ1) is 14.6. The maximum atomic E-state index is 13.6. The molecule has 0 aliphatic rings. The minimum absolute atomic E-state index is 0.113. The van der Waals surface area contributed by atoms with Crippen molar-refractivity contribution in [1.82, 2.24) is 9.84 Å². The fraction of sp³-hybridized carbons (Fsp3) is 0.273. The molecule has 3 N–H and O–H groups in total. The first-order chi connectivity index (χ1) is 8.36. The Bertz CT molecular complexity index is 588. The van der Waals surface area contributed by atoms with Gasteiger partial charge >= 0.3 is 0 Å². The molecule has 0 aromatic heterocycles. The van der Waals surface area contributed by atoms with E-state index in [2.05, 4.69) is 16.7 Å². The lowest BCUT2D eigenvalue weighted by Gasteiger charge is -2.12. The Labute approximate surface area is 106 Å². The van der Waals surface area contributed by atoms with Crippen LogP contribution >= 0.6 is 0 Å². The highest BCUT2D eigenvalue weighted by molar-refractivity contribution is 7.89.